The summed E-state index contributed by atoms with van der Waals surface area (Å²) < 4.78 is 0. The van der Waals surface area contributed by atoms with Gasteiger partial charge in [0.05, 0.1) is 24.7 Å². The minimum Gasteiger partial charge on any atom is -0.390 e. The van der Waals surface area contributed by atoms with Crippen molar-refractivity contribution in [3.8, 4) is 0 Å². The van der Waals surface area contributed by atoms with Gasteiger partial charge in [-0.25, -0.2) is 4.98 Å². The Morgan fingerprint density at radius 2 is 2.19 bits per heavy atom. The molecule has 0 bridgehead atoms. The zero-order valence-electron chi connectivity index (χ0n) is 10.1. The summed E-state index contributed by atoms with van der Waals surface area (Å²) in [5.41, 5.74) is 0.607. The number of aromatic nitrogens is 2. The minimum atomic E-state index is -0.0565. The molecular formula is C11H19N3OS. The molecule has 0 aromatic carbocycles. The van der Waals surface area contributed by atoms with Gasteiger partial charge in [-0.3, -0.25) is 4.98 Å². The first-order valence-corrected chi connectivity index (χ1v) is 6.75. The summed E-state index contributed by atoms with van der Waals surface area (Å²) in [6.45, 7) is 2.12. The van der Waals surface area contributed by atoms with Gasteiger partial charge in [0, 0.05) is 18.8 Å². The average Bonchev–Trinajstić information content (AvgIpc) is 2.35. The molecule has 0 aliphatic heterocycles. The van der Waals surface area contributed by atoms with Crippen LogP contribution in [0, 0.1) is 0 Å². The Bertz CT molecular complexity index is 305. The van der Waals surface area contributed by atoms with E-state index in [1.54, 1.807) is 12.4 Å². The van der Waals surface area contributed by atoms with Crippen LogP contribution in [-0.4, -0.2) is 40.2 Å². The first-order chi connectivity index (χ1) is 7.72. The van der Waals surface area contributed by atoms with E-state index in [-0.39, 0.29) is 6.61 Å². The number of anilines is 1. The summed E-state index contributed by atoms with van der Waals surface area (Å²) in [6.07, 6.45) is 6.53. The van der Waals surface area contributed by atoms with Crippen LogP contribution in [0.5, 0.6) is 0 Å². The van der Waals surface area contributed by atoms with Crippen molar-refractivity contribution in [3.63, 3.8) is 0 Å². The zero-order valence-corrected chi connectivity index (χ0v) is 10.9. The van der Waals surface area contributed by atoms with Crippen LogP contribution >= 0.6 is 11.8 Å². The largest absolute Gasteiger partial charge is 0.390 e. The van der Waals surface area contributed by atoms with Crippen LogP contribution in [0.25, 0.3) is 0 Å². The maximum atomic E-state index is 8.89. The molecular weight excluding hydrogens is 222 g/mol. The van der Waals surface area contributed by atoms with Crippen molar-refractivity contribution >= 4 is 17.6 Å². The predicted octanol–water partition coefficient (Wildman–Crippen LogP) is 1.55. The predicted molar refractivity (Wildman–Crippen MR) is 68.8 cm³/mol. The van der Waals surface area contributed by atoms with Crippen LogP contribution in [-0.2, 0) is 6.61 Å². The maximum Gasteiger partial charge on any atom is 0.147 e. The second kappa shape index (κ2) is 6.70. The van der Waals surface area contributed by atoms with E-state index in [0.29, 0.717) is 11.7 Å². The van der Waals surface area contributed by atoms with E-state index >= 15 is 0 Å². The molecule has 1 aromatic heterocycles. The molecule has 0 radical (unpaired) electrons. The summed E-state index contributed by atoms with van der Waals surface area (Å²) >= 11 is 1.84. The van der Waals surface area contributed by atoms with Gasteiger partial charge in [0.1, 0.15) is 5.82 Å². The zero-order chi connectivity index (χ0) is 12.0. The molecule has 0 saturated heterocycles. The molecule has 0 spiro atoms. The smallest absolute Gasteiger partial charge is 0.147 e. The van der Waals surface area contributed by atoms with E-state index in [4.69, 9.17) is 5.11 Å². The number of thioether (sulfide) groups is 1. The SMILES string of the molecule is CCC(CSC)N(C)c1cnc(CO)cn1. The molecule has 1 heterocycles. The van der Waals surface area contributed by atoms with E-state index in [1.807, 2.05) is 18.8 Å². The highest BCUT2D eigenvalue weighted by atomic mass is 32.2. The molecule has 1 N–H and O–H groups in total. The second-order valence-electron chi connectivity index (χ2n) is 3.65. The molecule has 0 fully saturated rings. The molecule has 0 aliphatic carbocycles. The molecule has 0 aliphatic rings. The maximum absolute atomic E-state index is 8.89. The highest BCUT2D eigenvalue weighted by molar-refractivity contribution is 7.98. The standard InChI is InChI=1S/C11H19N3OS/c1-4-10(8-16-3)14(2)11-6-12-9(7-15)5-13-11/h5-6,10,15H,4,7-8H2,1-3H3. The quantitative estimate of drug-likeness (QED) is 0.819. The average molecular weight is 241 g/mol. The summed E-state index contributed by atoms with van der Waals surface area (Å²) in [5.74, 6) is 1.94. The third-order valence-corrected chi connectivity index (χ3v) is 3.31. The number of aliphatic hydroxyl groups excluding tert-OH is 1. The Morgan fingerprint density at radius 3 is 2.62 bits per heavy atom. The van der Waals surface area contributed by atoms with Crippen molar-refractivity contribution in [1.29, 1.82) is 0 Å². The fourth-order valence-corrected chi connectivity index (χ4v) is 2.34. The molecule has 90 valence electrons. The van der Waals surface area contributed by atoms with Gasteiger partial charge in [-0.15, -0.1) is 0 Å². The molecule has 1 atom stereocenters. The fraction of sp³-hybridized carbons (Fsp3) is 0.636. The lowest BCUT2D eigenvalue weighted by Crippen LogP contribution is -2.33. The molecule has 1 aromatic rings. The Hall–Kier alpha value is -0.810. The number of hydrogen-bond acceptors (Lipinski definition) is 5. The molecule has 0 saturated carbocycles. The van der Waals surface area contributed by atoms with Crippen molar-refractivity contribution in [1.82, 2.24) is 9.97 Å². The Labute approximate surface area is 101 Å². The summed E-state index contributed by atoms with van der Waals surface area (Å²) in [5, 5.41) is 8.89. The number of hydrogen-bond donors (Lipinski definition) is 1. The van der Waals surface area contributed by atoms with Crippen molar-refractivity contribution in [3.05, 3.63) is 18.1 Å². The Morgan fingerprint density at radius 1 is 1.44 bits per heavy atom. The third kappa shape index (κ3) is 3.35. The van der Waals surface area contributed by atoms with Crippen LogP contribution in [0.2, 0.25) is 0 Å². The Kier molecular flexibility index (Phi) is 5.55. The topological polar surface area (TPSA) is 49.2 Å². The molecule has 16 heavy (non-hydrogen) atoms. The first kappa shape index (κ1) is 13.3. The second-order valence-corrected chi connectivity index (χ2v) is 4.56. The monoisotopic (exact) mass is 241 g/mol. The highest BCUT2D eigenvalue weighted by Crippen LogP contribution is 2.15. The molecule has 1 unspecified atom stereocenters. The van der Waals surface area contributed by atoms with Crippen LogP contribution < -0.4 is 4.90 Å². The van der Waals surface area contributed by atoms with Gasteiger partial charge in [-0.05, 0) is 12.7 Å². The van der Waals surface area contributed by atoms with Crippen molar-refractivity contribution in [2.24, 2.45) is 0 Å². The molecule has 1 rings (SSSR count). The lowest BCUT2D eigenvalue weighted by Gasteiger charge is -2.27. The lowest BCUT2D eigenvalue weighted by atomic mass is 10.2. The van der Waals surface area contributed by atoms with E-state index < -0.39 is 0 Å². The van der Waals surface area contributed by atoms with Gasteiger partial charge in [0.2, 0.25) is 0 Å². The van der Waals surface area contributed by atoms with Crippen LogP contribution in [0.15, 0.2) is 12.4 Å². The summed E-state index contributed by atoms with van der Waals surface area (Å²) in [6, 6.07) is 0.476. The number of nitrogens with zero attached hydrogens (tertiary/aromatic N) is 3. The van der Waals surface area contributed by atoms with Crippen LogP contribution in [0.4, 0.5) is 5.82 Å². The van der Waals surface area contributed by atoms with E-state index in [0.717, 1.165) is 18.0 Å². The van der Waals surface area contributed by atoms with E-state index in [9.17, 15) is 0 Å². The van der Waals surface area contributed by atoms with Crippen molar-refractivity contribution in [2.45, 2.75) is 26.0 Å². The summed E-state index contributed by atoms with van der Waals surface area (Å²) in [7, 11) is 2.03. The number of rotatable bonds is 6. The Balaban J connectivity index is 2.73. The normalized spacial score (nSPS) is 12.5. The van der Waals surface area contributed by atoms with Gasteiger partial charge in [-0.2, -0.15) is 11.8 Å². The molecule has 4 nitrogen and oxygen atoms in total. The van der Waals surface area contributed by atoms with E-state index in [2.05, 4.69) is 28.0 Å². The lowest BCUT2D eigenvalue weighted by molar-refractivity contribution is 0.276. The molecule has 0 amide bonds. The van der Waals surface area contributed by atoms with Crippen molar-refractivity contribution < 1.29 is 5.11 Å². The minimum absolute atomic E-state index is 0.0565. The van der Waals surface area contributed by atoms with Crippen LogP contribution in [0.3, 0.4) is 0 Å². The third-order valence-electron chi connectivity index (χ3n) is 2.59. The summed E-state index contributed by atoms with van der Waals surface area (Å²) in [4.78, 5) is 10.6. The highest BCUT2D eigenvalue weighted by Gasteiger charge is 2.13. The van der Waals surface area contributed by atoms with Crippen molar-refractivity contribution in [2.75, 3.05) is 24.0 Å². The van der Waals surface area contributed by atoms with Gasteiger partial charge in [0.15, 0.2) is 0 Å². The fourth-order valence-electron chi connectivity index (χ4n) is 1.49. The van der Waals surface area contributed by atoms with E-state index in [1.165, 1.54) is 0 Å². The van der Waals surface area contributed by atoms with Gasteiger partial charge < -0.3 is 10.0 Å². The van der Waals surface area contributed by atoms with Crippen LogP contribution in [0.1, 0.15) is 19.0 Å². The van der Waals surface area contributed by atoms with Gasteiger partial charge in [0.25, 0.3) is 0 Å². The first-order valence-electron chi connectivity index (χ1n) is 5.36. The van der Waals surface area contributed by atoms with Gasteiger partial charge in [-0.1, -0.05) is 6.92 Å². The molecule has 5 heteroatoms. The van der Waals surface area contributed by atoms with Gasteiger partial charge >= 0.3 is 0 Å². The number of aliphatic hydroxyl groups is 1.